The van der Waals surface area contributed by atoms with Gasteiger partial charge in [0.15, 0.2) is 17.3 Å². The number of Topliss-reactive ketones (excluding diaryl/α,β-unsaturated/α-hetero) is 1. The molecule has 2 saturated heterocycles. The Morgan fingerprint density at radius 3 is 2.36 bits per heavy atom. The third-order valence-electron chi connectivity index (χ3n) is 6.28. The normalized spacial score (nSPS) is 21.5. The third-order valence-corrected chi connectivity index (χ3v) is 6.28. The van der Waals surface area contributed by atoms with Crippen molar-refractivity contribution in [2.24, 2.45) is 11.8 Å². The molecule has 0 aliphatic carbocycles. The number of amides is 1. The van der Waals surface area contributed by atoms with Crippen LogP contribution < -0.4 is 9.47 Å². The van der Waals surface area contributed by atoms with Gasteiger partial charge < -0.3 is 14.4 Å². The van der Waals surface area contributed by atoms with E-state index in [1.165, 1.54) is 0 Å². The first-order valence-corrected chi connectivity index (χ1v) is 10.5. The highest BCUT2D eigenvalue weighted by Crippen LogP contribution is 2.32. The van der Waals surface area contributed by atoms with Crippen molar-refractivity contribution >= 4 is 11.7 Å². The Balaban J connectivity index is 1.28. The van der Waals surface area contributed by atoms with Gasteiger partial charge in [-0.2, -0.15) is 0 Å². The van der Waals surface area contributed by atoms with Crippen LogP contribution >= 0.6 is 0 Å². The summed E-state index contributed by atoms with van der Waals surface area (Å²) >= 11 is 0. The number of fused-ring (bicyclic) bond motifs is 1. The highest BCUT2D eigenvalue weighted by atomic mass is 16.6. The van der Waals surface area contributed by atoms with E-state index < -0.39 is 0 Å². The molecule has 0 radical (unpaired) electrons. The number of benzene rings is 1. The van der Waals surface area contributed by atoms with Gasteiger partial charge in [0.2, 0.25) is 5.91 Å². The largest absolute Gasteiger partial charge is 0.486 e. The predicted octanol–water partition coefficient (Wildman–Crippen LogP) is 2.61. The Hall–Kier alpha value is -2.08. The summed E-state index contributed by atoms with van der Waals surface area (Å²) in [6, 6.07) is 5.47. The van der Waals surface area contributed by atoms with Crippen LogP contribution in [0.1, 0.15) is 43.0 Å². The Kier molecular flexibility index (Phi) is 5.85. The van der Waals surface area contributed by atoms with Gasteiger partial charge in [-0.25, -0.2) is 0 Å². The second-order valence-electron chi connectivity index (χ2n) is 8.34. The van der Waals surface area contributed by atoms with Gasteiger partial charge in [0.05, 0.1) is 6.54 Å². The molecule has 0 spiro atoms. The van der Waals surface area contributed by atoms with Crippen LogP contribution in [0.2, 0.25) is 0 Å². The van der Waals surface area contributed by atoms with E-state index in [0.29, 0.717) is 36.8 Å². The van der Waals surface area contributed by atoms with E-state index in [-0.39, 0.29) is 17.6 Å². The summed E-state index contributed by atoms with van der Waals surface area (Å²) in [7, 11) is 0. The lowest BCUT2D eigenvalue weighted by molar-refractivity contribution is -0.134. The first kappa shape index (κ1) is 19.2. The molecule has 0 bridgehead atoms. The minimum absolute atomic E-state index is 0.0183. The van der Waals surface area contributed by atoms with E-state index in [9.17, 15) is 9.59 Å². The van der Waals surface area contributed by atoms with Crippen LogP contribution in [0.3, 0.4) is 0 Å². The molecule has 6 nitrogen and oxygen atoms in total. The maximum Gasteiger partial charge on any atom is 0.236 e. The minimum Gasteiger partial charge on any atom is -0.486 e. The number of carbonyl (C=O) groups excluding carboxylic acids is 2. The number of hydrogen-bond donors (Lipinski definition) is 0. The van der Waals surface area contributed by atoms with Crippen LogP contribution in [-0.2, 0) is 4.79 Å². The molecule has 1 aromatic rings. The van der Waals surface area contributed by atoms with Gasteiger partial charge >= 0.3 is 0 Å². The van der Waals surface area contributed by atoms with Crippen LogP contribution in [0.25, 0.3) is 0 Å². The molecule has 6 heteroatoms. The molecule has 3 aliphatic rings. The van der Waals surface area contributed by atoms with Crippen LogP contribution in [0.15, 0.2) is 18.2 Å². The molecule has 3 aliphatic heterocycles. The fourth-order valence-electron chi connectivity index (χ4n) is 4.33. The lowest BCUT2D eigenvalue weighted by Crippen LogP contribution is -2.46. The van der Waals surface area contributed by atoms with Gasteiger partial charge in [0, 0.05) is 24.6 Å². The van der Waals surface area contributed by atoms with Crippen LogP contribution in [0.5, 0.6) is 11.5 Å². The highest BCUT2D eigenvalue weighted by molar-refractivity contribution is 5.98. The molecule has 152 valence electrons. The van der Waals surface area contributed by atoms with Crippen LogP contribution in [-0.4, -0.2) is 67.4 Å². The zero-order valence-electron chi connectivity index (χ0n) is 16.7. The fraction of sp³-hybridized carbons (Fsp3) is 0.636. The second-order valence-corrected chi connectivity index (χ2v) is 8.34. The molecule has 0 saturated carbocycles. The number of piperidine rings is 2. The lowest BCUT2D eigenvalue weighted by atomic mass is 9.88. The second kappa shape index (κ2) is 8.52. The summed E-state index contributed by atoms with van der Waals surface area (Å²) in [6.45, 7) is 7.19. The molecular weight excluding hydrogens is 356 g/mol. The Morgan fingerprint density at radius 2 is 1.64 bits per heavy atom. The van der Waals surface area contributed by atoms with E-state index >= 15 is 0 Å². The standard InChI is InChI=1S/C22H30N2O4/c1-16-4-10-24(11-5-16)21(25)15-23-8-6-17(7-9-23)22(26)18-2-3-19-20(14-18)28-13-12-27-19/h2-3,14,16-17H,4-13,15H2,1H3. The molecule has 0 atom stereocenters. The smallest absolute Gasteiger partial charge is 0.236 e. The monoisotopic (exact) mass is 386 g/mol. The summed E-state index contributed by atoms with van der Waals surface area (Å²) < 4.78 is 11.1. The molecule has 1 aromatic carbocycles. The fourth-order valence-corrected chi connectivity index (χ4v) is 4.33. The molecule has 2 fully saturated rings. The third kappa shape index (κ3) is 4.32. The molecule has 4 rings (SSSR count). The van der Waals surface area contributed by atoms with Crippen molar-refractivity contribution in [1.82, 2.24) is 9.80 Å². The quantitative estimate of drug-likeness (QED) is 0.745. The first-order chi connectivity index (χ1) is 13.6. The molecule has 0 unspecified atom stereocenters. The van der Waals surface area contributed by atoms with Crippen LogP contribution in [0, 0.1) is 11.8 Å². The average molecular weight is 386 g/mol. The number of hydrogen-bond acceptors (Lipinski definition) is 5. The average Bonchev–Trinajstić information content (AvgIpc) is 2.74. The number of ketones is 1. The topological polar surface area (TPSA) is 59.1 Å². The molecule has 3 heterocycles. The summed E-state index contributed by atoms with van der Waals surface area (Å²) in [6.07, 6.45) is 3.82. The Labute approximate surface area is 166 Å². The van der Waals surface area contributed by atoms with Crippen molar-refractivity contribution in [3.63, 3.8) is 0 Å². The summed E-state index contributed by atoms with van der Waals surface area (Å²) in [5.74, 6) is 2.53. The zero-order chi connectivity index (χ0) is 19.5. The van der Waals surface area contributed by atoms with Gasteiger partial charge in [0.1, 0.15) is 13.2 Å². The van der Waals surface area contributed by atoms with E-state index in [4.69, 9.17) is 9.47 Å². The van der Waals surface area contributed by atoms with Gasteiger partial charge in [-0.1, -0.05) is 6.92 Å². The first-order valence-electron chi connectivity index (χ1n) is 10.5. The zero-order valence-corrected chi connectivity index (χ0v) is 16.7. The molecule has 1 amide bonds. The number of nitrogens with zero attached hydrogens (tertiary/aromatic N) is 2. The van der Waals surface area contributed by atoms with Gasteiger partial charge in [-0.3, -0.25) is 14.5 Å². The maximum atomic E-state index is 12.9. The van der Waals surface area contributed by atoms with Gasteiger partial charge in [-0.15, -0.1) is 0 Å². The molecule has 0 N–H and O–H groups in total. The molecule has 0 aromatic heterocycles. The Bertz CT molecular complexity index is 719. The lowest BCUT2D eigenvalue weighted by Gasteiger charge is -2.35. The van der Waals surface area contributed by atoms with Gasteiger partial charge in [0.25, 0.3) is 0 Å². The van der Waals surface area contributed by atoms with Crippen molar-refractivity contribution in [3.05, 3.63) is 23.8 Å². The molecule has 28 heavy (non-hydrogen) atoms. The minimum atomic E-state index is 0.0183. The predicted molar refractivity (Wildman–Crippen MR) is 106 cm³/mol. The SMILES string of the molecule is CC1CCN(C(=O)CN2CCC(C(=O)c3ccc4c(c3)OCCO4)CC2)CC1. The summed E-state index contributed by atoms with van der Waals surface area (Å²) in [4.78, 5) is 29.6. The summed E-state index contributed by atoms with van der Waals surface area (Å²) in [5, 5.41) is 0. The van der Waals surface area contributed by atoms with E-state index in [1.807, 2.05) is 23.1 Å². The number of rotatable bonds is 4. The number of carbonyl (C=O) groups is 2. The van der Waals surface area contributed by atoms with Crippen molar-refractivity contribution in [2.45, 2.75) is 32.6 Å². The van der Waals surface area contributed by atoms with E-state index in [2.05, 4.69) is 11.8 Å². The summed E-state index contributed by atoms with van der Waals surface area (Å²) in [5.41, 5.74) is 0.696. The number of likely N-dealkylation sites (tertiary alicyclic amines) is 2. The molecular formula is C22H30N2O4. The van der Waals surface area contributed by atoms with Crippen molar-refractivity contribution in [1.29, 1.82) is 0 Å². The van der Waals surface area contributed by atoms with Crippen LogP contribution in [0.4, 0.5) is 0 Å². The highest BCUT2D eigenvalue weighted by Gasteiger charge is 2.29. The van der Waals surface area contributed by atoms with E-state index in [1.54, 1.807) is 0 Å². The Morgan fingerprint density at radius 1 is 0.964 bits per heavy atom. The van der Waals surface area contributed by atoms with E-state index in [0.717, 1.165) is 57.8 Å². The number of ether oxygens (including phenoxy) is 2. The van der Waals surface area contributed by atoms with Gasteiger partial charge in [-0.05, 0) is 62.9 Å². The van der Waals surface area contributed by atoms with Crippen molar-refractivity contribution < 1.29 is 19.1 Å². The maximum absolute atomic E-state index is 12.9. The van der Waals surface area contributed by atoms with Crippen molar-refractivity contribution in [2.75, 3.05) is 45.9 Å². The van der Waals surface area contributed by atoms with Crippen molar-refractivity contribution in [3.8, 4) is 11.5 Å².